The van der Waals surface area contributed by atoms with Crippen LogP contribution in [-0.2, 0) is 6.54 Å². The second-order valence-corrected chi connectivity index (χ2v) is 7.82. The van der Waals surface area contributed by atoms with Gasteiger partial charge in [-0.1, -0.05) is 29.3 Å². The Kier molecular flexibility index (Phi) is 7.23. The van der Waals surface area contributed by atoms with Gasteiger partial charge in [0.25, 0.3) is 0 Å². The molecule has 10 heteroatoms. The number of anilines is 1. The molecule has 0 aliphatic carbocycles. The maximum atomic E-state index is 14.6. The van der Waals surface area contributed by atoms with Crippen LogP contribution in [0.3, 0.4) is 0 Å². The molecule has 1 fully saturated rings. The number of nitrogens with zero attached hydrogens (tertiary/aromatic N) is 3. The van der Waals surface area contributed by atoms with Crippen LogP contribution >= 0.6 is 35.4 Å². The van der Waals surface area contributed by atoms with E-state index in [1.54, 1.807) is 18.2 Å². The zero-order chi connectivity index (χ0) is 21.0. The third kappa shape index (κ3) is 5.54. The number of halogens is 4. The molecule has 154 valence electrons. The second kappa shape index (κ2) is 9.67. The van der Waals surface area contributed by atoms with E-state index in [1.807, 2.05) is 11.0 Å². The first kappa shape index (κ1) is 21.7. The third-order valence-corrected chi connectivity index (χ3v) is 5.27. The Labute approximate surface area is 183 Å². The summed E-state index contributed by atoms with van der Waals surface area (Å²) < 4.78 is 28.9. The molecule has 5 nitrogen and oxygen atoms in total. The van der Waals surface area contributed by atoms with Crippen LogP contribution in [0.15, 0.2) is 35.4 Å². The lowest BCUT2D eigenvalue weighted by molar-refractivity contribution is 0.249. The molecular formula is C19H19Cl2F2N5S. The quantitative estimate of drug-likeness (QED) is 0.406. The van der Waals surface area contributed by atoms with Crippen molar-refractivity contribution in [1.82, 2.24) is 10.3 Å². The molecule has 1 heterocycles. The number of nitrogens with two attached hydrogens (primary N) is 1. The zero-order valence-corrected chi connectivity index (χ0v) is 17.7. The summed E-state index contributed by atoms with van der Waals surface area (Å²) in [6, 6.07) is 8.44. The van der Waals surface area contributed by atoms with Gasteiger partial charge in [0, 0.05) is 48.3 Å². The lowest BCUT2D eigenvalue weighted by Crippen LogP contribution is -2.46. The van der Waals surface area contributed by atoms with Gasteiger partial charge < -0.3 is 10.6 Å². The number of piperazine rings is 1. The van der Waals surface area contributed by atoms with Crippen LogP contribution in [0.4, 0.5) is 14.5 Å². The molecule has 0 radical (unpaired) electrons. The minimum absolute atomic E-state index is 0.00557. The molecule has 1 aliphatic rings. The summed E-state index contributed by atoms with van der Waals surface area (Å²) in [5.74, 6) is -1.87. The fourth-order valence-corrected chi connectivity index (χ4v) is 3.62. The van der Waals surface area contributed by atoms with E-state index in [0.29, 0.717) is 42.8 Å². The number of nitrogens with one attached hydrogen (secondary N) is 1. The van der Waals surface area contributed by atoms with Gasteiger partial charge in [-0.2, -0.15) is 5.10 Å². The molecule has 2 aromatic carbocycles. The van der Waals surface area contributed by atoms with Gasteiger partial charge >= 0.3 is 0 Å². The van der Waals surface area contributed by atoms with Crippen molar-refractivity contribution >= 4 is 52.4 Å². The highest BCUT2D eigenvalue weighted by Crippen LogP contribution is 2.26. The summed E-state index contributed by atoms with van der Waals surface area (Å²) >= 11 is 16.8. The predicted octanol–water partition coefficient (Wildman–Crippen LogP) is 3.76. The van der Waals surface area contributed by atoms with Gasteiger partial charge in [0.1, 0.15) is 0 Å². The third-order valence-electron chi connectivity index (χ3n) is 4.59. The molecule has 3 rings (SSSR count). The van der Waals surface area contributed by atoms with Crippen LogP contribution in [0.5, 0.6) is 0 Å². The first-order valence-corrected chi connectivity index (χ1v) is 9.99. The lowest BCUT2D eigenvalue weighted by atomic mass is 10.1. The number of hydrazone groups is 1. The summed E-state index contributed by atoms with van der Waals surface area (Å²) in [5.41, 5.74) is 8.76. The van der Waals surface area contributed by atoms with Crippen LogP contribution in [0.2, 0.25) is 10.0 Å². The van der Waals surface area contributed by atoms with Crippen molar-refractivity contribution in [2.24, 2.45) is 10.8 Å². The van der Waals surface area contributed by atoms with Gasteiger partial charge in [0.2, 0.25) is 0 Å². The standard InChI is InChI=1S/C19H19Cl2F2N5S/c20-14-3-1-13(15(21)9-14)11-27-5-7-28(8-6-27)16-4-2-12(17(22)18(16)23)10-25-26-19(24)29/h1-4,9-10H,5-8,11H2,(H3,24,26,29). The van der Waals surface area contributed by atoms with E-state index < -0.39 is 11.6 Å². The predicted molar refractivity (Wildman–Crippen MR) is 118 cm³/mol. The van der Waals surface area contributed by atoms with E-state index in [-0.39, 0.29) is 16.4 Å². The summed E-state index contributed by atoms with van der Waals surface area (Å²) in [4.78, 5) is 4.04. The maximum Gasteiger partial charge on any atom is 0.184 e. The first-order chi connectivity index (χ1) is 13.8. The van der Waals surface area contributed by atoms with E-state index in [1.165, 1.54) is 6.07 Å². The van der Waals surface area contributed by atoms with Crippen molar-refractivity contribution in [3.05, 3.63) is 63.1 Å². The van der Waals surface area contributed by atoms with Gasteiger partial charge in [-0.3, -0.25) is 10.3 Å². The number of thiocarbonyl (C=S) groups is 1. The second-order valence-electron chi connectivity index (χ2n) is 6.54. The van der Waals surface area contributed by atoms with E-state index >= 15 is 0 Å². The van der Waals surface area contributed by atoms with Gasteiger partial charge in [0.05, 0.1) is 11.9 Å². The van der Waals surface area contributed by atoms with Crippen LogP contribution < -0.4 is 16.1 Å². The van der Waals surface area contributed by atoms with Gasteiger partial charge in [-0.05, 0) is 42.0 Å². The molecule has 0 spiro atoms. The highest BCUT2D eigenvalue weighted by atomic mass is 35.5. The Morgan fingerprint density at radius 1 is 1.14 bits per heavy atom. The molecule has 0 aromatic heterocycles. The van der Waals surface area contributed by atoms with Crippen molar-refractivity contribution in [1.29, 1.82) is 0 Å². The molecule has 0 atom stereocenters. The Balaban J connectivity index is 1.63. The van der Waals surface area contributed by atoms with Crippen LogP contribution in [0.1, 0.15) is 11.1 Å². The molecule has 0 saturated carbocycles. The minimum atomic E-state index is -0.966. The first-order valence-electron chi connectivity index (χ1n) is 8.83. The molecule has 29 heavy (non-hydrogen) atoms. The zero-order valence-electron chi connectivity index (χ0n) is 15.3. The maximum absolute atomic E-state index is 14.6. The average Bonchev–Trinajstić information content (AvgIpc) is 2.68. The van der Waals surface area contributed by atoms with Crippen molar-refractivity contribution in [2.45, 2.75) is 6.54 Å². The Morgan fingerprint density at radius 3 is 2.52 bits per heavy atom. The molecule has 1 saturated heterocycles. The normalized spacial score (nSPS) is 15.1. The lowest BCUT2D eigenvalue weighted by Gasteiger charge is -2.36. The highest BCUT2D eigenvalue weighted by molar-refractivity contribution is 7.80. The van der Waals surface area contributed by atoms with Crippen molar-refractivity contribution in [2.75, 3.05) is 31.1 Å². The van der Waals surface area contributed by atoms with Gasteiger partial charge in [-0.15, -0.1) is 0 Å². The molecule has 3 N–H and O–H groups in total. The number of hydrogen-bond acceptors (Lipinski definition) is 4. The molecule has 1 aliphatic heterocycles. The smallest absolute Gasteiger partial charge is 0.184 e. The van der Waals surface area contributed by atoms with Crippen molar-refractivity contribution in [3.8, 4) is 0 Å². The Morgan fingerprint density at radius 2 is 1.86 bits per heavy atom. The van der Waals surface area contributed by atoms with Crippen molar-refractivity contribution < 1.29 is 8.78 Å². The molecular weight excluding hydrogens is 439 g/mol. The fraction of sp³-hybridized carbons (Fsp3) is 0.263. The molecule has 2 aromatic rings. The fourth-order valence-electron chi connectivity index (χ4n) is 3.10. The topological polar surface area (TPSA) is 56.9 Å². The summed E-state index contributed by atoms with van der Waals surface area (Å²) in [6.45, 7) is 3.20. The summed E-state index contributed by atoms with van der Waals surface area (Å²) in [7, 11) is 0. The summed E-state index contributed by atoms with van der Waals surface area (Å²) in [5, 5.41) is 4.82. The number of rotatable bonds is 5. The monoisotopic (exact) mass is 457 g/mol. The van der Waals surface area contributed by atoms with Gasteiger partial charge in [-0.25, -0.2) is 8.78 Å². The largest absolute Gasteiger partial charge is 0.375 e. The SMILES string of the molecule is NC(=S)NN=Cc1ccc(N2CCN(Cc3ccc(Cl)cc3Cl)CC2)c(F)c1F. The number of hydrogen-bond donors (Lipinski definition) is 2. The summed E-state index contributed by atoms with van der Waals surface area (Å²) in [6.07, 6.45) is 1.13. The van der Waals surface area contributed by atoms with Crippen LogP contribution in [-0.4, -0.2) is 42.4 Å². The van der Waals surface area contributed by atoms with E-state index in [4.69, 9.17) is 28.9 Å². The van der Waals surface area contributed by atoms with Gasteiger partial charge in [0.15, 0.2) is 16.7 Å². The Bertz CT molecular complexity index is 933. The number of benzene rings is 2. The average molecular weight is 458 g/mol. The Hall–Kier alpha value is -2.00. The molecule has 0 bridgehead atoms. The van der Waals surface area contributed by atoms with Crippen LogP contribution in [0, 0.1) is 11.6 Å². The van der Waals surface area contributed by atoms with E-state index in [9.17, 15) is 8.78 Å². The minimum Gasteiger partial charge on any atom is -0.375 e. The van der Waals surface area contributed by atoms with Crippen molar-refractivity contribution in [3.63, 3.8) is 0 Å². The highest BCUT2D eigenvalue weighted by Gasteiger charge is 2.22. The molecule has 0 unspecified atom stereocenters. The van der Waals surface area contributed by atoms with Crippen LogP contribution in [0.25, 0.3) is 0 Å². The van der Waals surface area contributed by atoms with E-state index in [0.717, 1.165) is 11.8 Å². The molecule has 0 amide bonds. The van der Waals surface area contributed by atoms with E-state index in [2.05, 4.69) is 27.6 Å².